The third-order valence-corrected chi connectivity index (χ3v) is 6.12. The first-order valence-corrected chi connectivity index (χ1v) is 9.54. The minimum atomic E-state index is -0.667. The molecule has 1 unspecified atom stereocenters. The molecular weight excluding hydrogens is 351 g/mol. The molecule has 1 aromatic carbocycles. The number of nitrogens with zero attached hydrogens (tertiary/aromatic N) is 3. The topological polar surface area (TPSA) is 116 Å². The fourth-order valence-corrected chi connectivity index (χ4v) is 4.39. The molecule has 9 heteroatoms. The summed E-state index contributed by atoms with van der Waals surface area (Å²) in [6.45, 7) is 2.56. The van der Waals surface area contributed by atoms with Gasteiger partial charge in [0.05, 0.1) is 0 Å². The molecule has 2 N–H and O–H groups in total. The molecule has 1 atom stereocenters. The van der Waals surface area contributed by atoms with Crippen LogP contribution in [-0.2, 0) is 0 Å². The molecule has 0 aliphatic rings. The molecular formula is C13H21AsN4O4. The van der Waals surface area contributed by atoms with Gasteiger partial charge in [-0.25, -0.2) is 0 Å². The van der Waals surface area contributed by atoms with Crippen molar-refractivity contribution in [3.63, 3.8) is 0 Å². The molecule has 0 saturated carbocycles. The van der Waals surface area contributed by atoms with Crippen molar-refractivity contribution in [1.29, 1.82) is 0 Å². The average molecular weight is 372 g/mol. The summed E-state index contributed by atoms with van der Waals surface area (Å²) >= 11 is -0.667. The van der Waals surface area contributed by atoms with Crippen LogP contribution in [0, 0.1) is 20.2 Å². The standard InChI is InChI=1S/C13H21AsN4O4/c1-16(9-3-7-15)8-2-6-14-12-5-4-11(17(19)20)10-13(12)18(21)22/h4-5,10,14H,2-3,6-9,15H2,1H3. The first kappa shape index (κ1) is 18.5. The van der Waals surface area contributed by atoms with Gasteiger partial charge in [-0.2, -0.15) is 0 Å². The molecule has 0 spiro atoms. The van der Waals surface area contributed by atoms with Gasteiger partial charge in [0, 0.05) is 0 Å². The molecule has 0 heterocycles. The van der Waals surface area contributed by atoms with Crippen molar-refractivity contribution < 1.29 is 9.85 Å². The van der Waals surface area contributed by atoms with E-state index in [0.29, 0.717) is 10.9 Å². The van der Waals surface area contributed by atoms with Crippen LogP contribution in [0.4, 0.5) is 11.4 Å². The third-order valence-electron chi connectivity index (χ3n) is 3.16. The van der Waals surface area contributed by atoms with Crippen LogP contribution in [0.15, 0.2) is 18.2 Å². The Morgan fingerprint density at radius 1 is 1.18 bits per heavy atom. The fourth-order valence-electron chi connectivity index (χ4n) is 1.98. The van der Waals surface area contributed by atoms with E-state index in [1.165, 1.54) is 12.1 Å². The maximum absolute atomic E-state index is 11.0. The molecule has 0 aliphatic heterocycles. The monoisotopic (exact) mass is 372 g/mol. The van der Waals surface area contributed by atoms with Gasteiger partial charge < -0.3 is 0 Å². The van der Waals surface area contributed by atoms with Crippen molar-refractivity contribution in [1.82, 2.24) is 4.90 Å². The first-order chi connectivity index (χ1) is 10.5. The molecule has 0 bridgehead atoms. The van der Waals surface area contributed by atoms with Crippen LogP contribution in [0.2, 0.25) is 5.21 Å². The van der Waals surface area contributed by atoms with Gasteiger partial charge in [-0.15, -0.1) is 0 Å². The molecule has 8 nitrogen and oxygen atoms in total. The number of hydrogen-bond acceptors (Lipinski definition) is 6. The van der Waals surface area contributed by atoms with Crippen LogP contribution in [-0.4, -0.2) is 57.2 Å². The molecule has 0 aromatic heterocycles. The van der Waals surface area contributed by atoms with E-state index in [9.17, 15) is 20.2 Å². The van der Waals surface area contributed by atoms with Crippen LogP contribution in [0.3, 0.4) is 0 Å². The summed E-state index contributed by atoms with van der Waals surface area (Å²) in [6, 6.07) is 3.94. The number of nitro benzene ring substituents is 2. The zero-order valence-electron chi connectivity index (χ0n) is 12.5. The number of hydrogen-bond donors (Lipinski definition) is 1. The Kier molecular flexibility index (Phi) is 8.01. The quantitative estimate of drug-likeness (QED) is 0.279. The summed E-state index contributed by atoms with van der Waals surface area (Å²) in [4.78, 5) is 22.8. The Balaban J connectivity index is 2.55. The number of benzene rings is 1. The molecule has 0 fully saturated rings. The summed E-state index contributed by atoms with van der Waals surface area (Å²) in [7, 11) is 2.03. The number of nitrogens with two attached hydrogens (primary N) is 1. The zero-order valence-corrected chi connectivity index (χ0v) is 14.6. The van der Waals surface area contributed by atoms with E-state index in [-0.39, 0.29) is 11.4 Å². The van der Waals surface area contributed by atoms with Crippen molar-refractivity contribution >= 4 is 31.5 Å². The van der Waals surface area contributed by atoms with Gasteiger partial charge >= 0.3 is 135 Å². The zero-order chi connectivity index (χ0) is 16.5. The van der Waals surface area contributed by atoms with Crippen LogP contribution in [0.25, 0.3) is 0 Å². The Morgan fingerprint density at radius 3 is 2.45 bits per heavy atom. The number of non-ortho nitro benzene ring substituents is 1. The molecule has 1 aromatic rings. The molecule has 0 radical (unpaired) electrons. The van der Waals surface area contributed by atoms with E-state index in [2.05, 4.69) is 4.90 Å². The first-order valence-electron chi connectivity index (χ1n) is 7.01. The number of rotatable bonds is 10. The predicted octanol–water partition coefficient (Wildman–Crippen LogP) is 0.654. The normalized spacial score (nSPS) is 11.4. The second-order valence-electron chi connectivity index (χ2n) is 4.94. The Labute approximate surface area is 135 Å². The molecule has 22 heavy (non-hydrogen) atoms. The average Bonchev–Trinajstić information content (AvgIpc) is 2.49. The Bertz CT molecular complexity index is 527. The molecule has 0 aliphatic carbocycles. The molecule has 122 valence electrons. The van der Waals surface area contributed by atoms with Crippen molar-refractivity contribution in [2.75, 3.05) is 26.7 Å². The summed E-state index contributed by atoms with van der Waals surface area (Å²) in [6.07, 6.45) is 1.93. The summed E-state index contributed by atoms with van der Waals surface area (Å²) < 4.78 is 0.667. The van der Waals surface area contributed by atoms with Crippen LogP contribution >= 0.6 is 0 Å². The van der Waals surface area contributed by atoms with Gasteiger partial charge in [0.1, 0.15) is 0 Å². The third kappa shape index (κ3) is 6.09. The molecule has 1 rings (SSSR count). The van der Waals surface area contributed by atoms with E-state index >= 15 is 0 Å². The van der Waals surface area contributed by atoms with Crippen LogP contribution < -0.4 is 10.1 Å². The van der Waals surface area contributed by atoms with E-state index < -0.39 is 25.6 Å². The fraction of sp³-hybridized carbons (Fsp3) is 0.538. The SMILES string of the molecule is CN(CCCN)CCC[AsH]c1ccc([N+](=O)[O-])cc1[N+](=O)[O-]. The van der Waals surface area contributed by atoms with E-state index in [1.807, 2.05) is 7.05 Å². The van der Waals surface area contributed by atoms with Crippen molar-refractivity contribution in [3.8, 4) is 0 Å². The van der Waals surface area contributed by atoms with Gasteiger partial charge in [0.2, 0.25) is 0 Å². The van der Waals surface area contributed by atoms with Crippen LogP contribution in [0.5, 0.6) is 0 Å². The molecule has 0 saturated heterocycles. The summed E-state index contributed by atoms with van der Waals surface area (Å²) in [5, 5.41) is 22.6. The second-order valence-corrected chi connectivity index (χ2v) is 7.86. The predicted molar refractivity (Wildman–Crippen MR) is 87.1 cm³/mol. The molecule has 0 amide bonds. The minimum absolute atomic E-state index is 0.120. The Hall–Kier alpha value is -1.50. The Morgan fingerprint density at radius 2 is 1.86 bits per heavy atom. The second kappa shape index (κ2) is 9.50. The van der Waals surface area contributed by atoms with Gasteiger partial charge in [-0.3, -0.25) is 0 Å². The number of nitro groups is 2. The van der Waals surface area contributed by atoms with E-state index in [1.54, 1.807) is 0 Å². The van der Waals surface area contributed by atoms with Crippen molar-refractivity contribution in [2.24, 2.45) is 5.73 Å². The van der Waals surface area contributed by atoms with Gasteiger partial charge in [0.25, 0.3) is 0 Å². The van der Waals surface area contributed by atoms with E-state index in [0.717, 1.165) is 37.2 Å². The van der Waals surface area contributed by atoms with E-state index in [4.69, 9.17) is 5.73 Å². The van der Waals surface area contributed by atoms with Crippen molar-refractivity contribution in [3.05, 3.63) is 38.4 Å². The van der Waals surface area contributed by atoms with Gasteiger partial charge in [0.15, 0.2) is 0 Å². The van der Waals surface area contributed by atoms with Crippen molar-refractivity contribution in [2.45, 2.75) is 18.1 Å². The summed E-state index contributed by atoms with van der Waals surface area (Å²) in [5.41, 5.74) is 5.10. The van der Waals surface area contributed by atoms with Crippen LogP contribution in [0.1, 0.15) is 12.8 Å². The maximum atomic E-state index is 11.0. The van der Waals surface area contributed by atoms with Gasteiger partial charge in [-0.1, -0.05) is 0 Å². The van der Waals surface area contributed by atoms with Gasteiger partial charge in [-0.05, 0) is 0 Å². The summed E-state index contributed by atoms with van der Waals surface area (Å²) in [5.74, 6) is 0.